The Bertz CT molecular complexity index is 342. The first-order valence-electron chi connectivity index (χ1n) is 8.28. The molecule has 0 bridgehead atoms. The van der Waals surface area contributed by atoms with E-state index < -0.39 is 5.97 Å². The van der Waals surface area contributed by atoms with Crippen LogP contribution < -0.4 is 5.32 Å². The van der Waals surface area contributed by atoms with Crippen molar-refractivity contribution in [3.63, 3.8) is 0 Å². The monoisotopic (exact) mass is 298 g/mol. The van der Waals surface area contributed by atoms with Crippen LogP contribution in [0.5, 0.6) is 0 Å². The molecular formula is C16H30N2O3. The summed E-state index contributed by atoms with van der Waals surface area (Å²) >= 11 is 0. The Morgan fingerprint density at radius 1 is 1.29 bits per heavy atom. The van der Waals surface area contributed by atoms with Gasteiger partial charge < -0.3 is 15.3 Å². The molecule has 0 radical (unpaired) electrons. The van der Waals surface area contributed by atoms with Gasteiger partial charge in [-0.25, -0.2) is 4.79 Å². The van der Waals surface area contributed by atoms with Gasteiger partial charge in [-0.1, -0.05) is 26.7 Å². The highest BCUT2D eigenvalue weighted by molar-refractivity contribution is 5.75. The molecule has 2 amide bonds. The lowest BCUT2D eigenvalue weighted by Crippen LogP contribution is -2.52. The minimum Gasteiger partial charge on any atom is -0.481 e. The molecule has 2 N–H and O–H groups in total. The standard InChI is InChI=1S/C16H30N2O3/c1-4-13(5-2)12(3)17-16(21)18-11-7-6-8-14(18)9-10-15(19)20/h12-14H,4-11H2,1-3H3,(H,17,21)(H,19,20). The van der Waals surface area contributed by atoms with E-state index >= 15 is 0 Å². The van der Waals surface area contributed by atoms with Crippen molar-refractivity contribution < 1.29 is 14.7 Å². The molecule has 122 valence electrons. The smallest absolute Gasteiger partial charge is 0.317 e. The fourth-order valence-corrected chi connectivity index (χ4v) is 3.25. The van der Waals surface area contributed by atoms with Crippen molar-refractivity contribution in [3.8, 4) is 0 Å². The number of hydrogen-bond acceptors (Lipinski definition) is 2. The van der Waals surface area contributed by atoms with E-state index in [1.165, 1.54) is 0 Å². The molecule has 0 aromatic rings. The van der Waals surface area contributed by atoms with Gasteiger partial charge in [0.1, 0.15) is 0 Å². The lowest BCUT2D eigenvalue weighted by molar-refractivity contribution is -0.137. The Hall–Kier alpha value is -1.26. The number of nitrogens with one attached hydrogen (secondary N) is 1. The largest absolute Gasteiger partial charge is 0.481 e. The average Bonchev–Trinajstić information content (AvgIpc) is 2.46. The molecule has 0 aromatic heterocycles. The number of urea groups is 1. The second-order valence-corrected chi connectivity index (χ2v) is 6.09. The topological polar surface area (TPSA) is 69.6 Å². The average molecular weight is 298 g/mol. The summed E-state index contributed by atoms with van der Waals surface area (Å²) in [5.41, 5.74) is 0. The molecule has 0 saturated carbocycles. The Kier molecular flexibility index (Phi) is 7.54. The molecule has 0 aliphatic carbocycles. The van der Waals surface area contributed by atoms with Crippen LogP contribution in [0.25, 0.3) is 0 Å². The van der Waals surface area contributed by atoms with Crippen molar-refractivity contribution in [3.05, 3.63) is 0 Å². The number of carbonyl (C=O) groups excluding carboxylic acids is 1. The summed E-state index contributed by atoms with van der Waals surface area (Å²) in [5, 5.41) is 11.9. The number of likely N-dealkylation sites (tertiary alicyclic amines) is 1. The molecule has 2 unspecified atom stereocenters. The molecule has 1 heterocycles. The van der Waals surface area contributed by atoms with Gasteiger partial charge in [-0.3, -0.25) is 4.79 Å². The summed E-state index contributed by atoms with van der Waals surface area (Å²) in [6, 6.07) is 0.211. The van der Waals surface area contributed by atoms with E-state index in [0.717, 1.165) is 38.6 Å². The molecule has 2 atom stereocenters. The number of nitrogens with zero attached hydrogens (tertiary/aromatic N) is 1. The van der Waals surface area contributed by atoms with Crippen LogP contribution in [0.4, 0.5) is 4.79 Å². The van der Waals surface area contributed by atoms with E-state index in [1.54, 1.807) is 0 Å². The molecule has 1 rings (SSSR count). The van der Waals surface area contributed by atoms with Crippen LogP contribution in [0.1, 0.15) is 65.7 Å². The SMILES string of the molecule is CCC(CC)C(C)NC(=O)N1CCCCC1CCC(=O)O. The summed E-state index contributed by atoms with van der Waals surface area (Å²) in [7, 11) is 0. The number of piperidine rings is 1. The Morgan fingerprint density at radius 3 is 2.52 bits per heavy atom. The maximum atomic E-state index is 12.5. The number of amides is 2. The number of hydrogen-bond donors (Lipinski definition) is 2. The molecule has 1 fully saturated rings. The number of carboxylic acid groups (broad SMARTS) is 1. The van der Waals surface area contributed by atoms with E-state index in [9.17, 15) is 9.59 Å². The van der Waals surface area contributed by atoms with Gasteiger partial charge in [0.25, 0.3) is 0 Å². The van der Waals surface area contributed by atoms with Crippen molar-refractivity contribution >= 4 is 12.0 Å². The first-order valence-corrected chi connectivity index (χ1v) is 8.28. The van der Waals surface area contributed by atoms with Crippen molar-refractivity contribution in [1.82, 2.24) is 10.2 Å². The van der Waals surface area contributed by atoms with Gasteiger partial charge >= 0.3 is 12.0 Å². The maximum absolute atomic E-state index is 12.5. The van der Waals surface area contributed by atoms with Gasteiger partial charge in [0, 0.05) is 25.0 Å². The Labute approximate surface area is 128 Å². The molecule has 5 nitrogen and oxygen atoms in total. The predicted molar refractivity (Wildman–Crippen MR) is 83.3 cm³/mol. The molecule has 0 aromatic carbocycles. The molecule has 21 heavy (non-hydrogen) atoms. The second kappa shape index (κ2) is 8.90. The number of aliphatic carboxylic acids is 1. The fourth-order valence-electron chi connectivity index (χ4n) is 3.25. The summed E-state index contributed by atoms with van der Waals surface area (Å²) < 4.78 is 0. The predicted octanol–water partition coefficient (Wildman–Crippen LogP) is 3.24. The van der Waals surface area contributed by atoms with Crippen LogP contribution in [0.3, 0.4) is 0 Å². The van der Waals surface area contributed by atoms with Crippen molar-refractivity contribution in [2.75, 3.05) is 6.54 Å². The lowest BCUT2D eigenvalue weighted by atomic mass is 9.95. The minimum absolute atomic E-state index is 0.0236. The van der Waals surface area contributed by atoms with Crippen molar-refractivity contribution in [2.24, 2.45) is 5.92 Å². The fraction of sp³-hybridized carbons (Fsp3) is 0.875. The number of carbonyl (C=O) groups is 2. The summed E-state index contributed by atoms with van der Waals surface area (Å²) in [4.78, 5) is 25.1. The van der Waals surface area contributed by atoms with Gasteiger partial charge in [0.05, 0.1) is 0 Å². The highest BCUT2D eigenvalue weighted by Gasteiger charge is 2.28. The van der Waals surface area contributed by atoms with Crippen LogP contribution >= 0.6 is 0 Å². The maximum Gasteiger partial charge on any atom is 0.317 e. The molecular weight excluding hydrogens is 268 g/mol. The first-order chi connectivity index (χ1) is 9.99. The third-order valence-electron chi connectivity index (χ3n) is 4.69. The number of carboxylic acids is 1. The van der Waals surface area contributed by atoms with Crippen LogP contribution in [0, 0.1) is 5.92 Å². The quantitative estimate of drug-likeness (QED) is 0.758. The zero-order valence-electron chi connectivity index (χ0n) is 13.6. The molecule has 0 spiro atoms. The highest BCUT2D eigenvalue weighted by Crippen LogP contribution is 2.22. The summed E-state index contributed by atoms with van der Waals surface area (Å²) in [6.45, 7) is 7.10. The second-order valence-electron chi connectivity index (χ2n) is 6.09. The van der Waals surface area contributed by atoms with Gasteiger partial charge in [-0.15, -0.1) is 0 Å². The molecule has 5 heteroatoms. The van der Waals surface area contributed by atoms with Crippen LogP contribution in [0.15, 0.2) is 0 Å². The van der Waals surface area contributed by atoms with Gasteiger partial charge in [0.2, 0.25) is 0 Å². The zero-order chi connectivity index (χ0) is 15.8. The Balaban J connectivity index is 2.57. The molecule has 1 aliphatic rings. The lowest BCUT2D eigenvalue weighted by Gasteiger charge is -2.37. The van der Waals surface area contributed by atoms with E-state index in [1.807, 2.05) is 4.90 Å². The molecule has 1 saturated heterocycles. The van der Waals surface area contributed by atoms with E-state index in [2.05, 4.69) is 26.1 Å². The summed E-state index contributed by atoms with van der Waals surface area (Å²) in [5.74, 6) is -0.289. The van der Waals surface area contributed by atoms with E-state index in [-0.39, 0.29) is 24.5 Å². The van der Waals surface area contributed by atoms with Gasteiger partial charge in [0.15, 0.2) is 0 Å². The third kappa shape index (κ3) is 5.56. The summed E-state index contributed by atoms with van der Waals surface area (Å²) in [6.07, 6.45) is 5.81. The van der Waals surface area contributed by atoms with Gasteiger partial charge in [-0.05, 0) is 38.5 Å². The number of rotatable bonds is 7. The first kappa shape index (κ1) is 17.8. The minimum atomic E-state index is -0.786. The van der Waals surface area contributed by atoms with Crippen LogP contribution in [-0.4, -0.2) is 40.6 Å². The van der Waals surface area contributed by atoms with E-state index in [4.69, 9.17) is 5.11 Å². The van der Waals surface area contributed by atoms with Crippen molar-refractivity contribution in [1.29, 1.82) is 0 Å². The third-order valence-corrected chi connectivity index (χ3v) is 4.69. The highest BCUT2D eigenvalue weighted by atomic mass is 16.4. The molecule has 1 aliphatic heterocycles. The van der Waals surface area contributed by atoms with Gasteiger partial charge in [-0.2, -0.15) is 0 Å². The van der Waals surface area contributed by atoms with Crippen LogP contribution in [-0.2, 0) is 4.79 Å². The zero-order valence-corrected chi connectivity index (χ0v) is 13.6. The Morgan fingerprint density at radius 2 is 1.95 bits per heavy atom. The normalized spacial score (nSPS) is 20.4. The van der Waals surface area contributed by atoms with E-state index in [0.29, 0.717) is 12.3 Å². The van der Waals surface area contributed by atoms with Crippen LogP contribution in [0.2, 0.25) is 0 Å². The van der Waals surface area contributed by atoms with Crippen molar-refractivity contribution in [2.45, 2.75) is 77.8 Å².